The number of nitrogen functional groups attached to an aromatic ring is 1. The van der Waals surface area contributed by atoms with Crippen LogP contribution in [0.2, 0.25) is 0 Å². The van der Waals surface area contributed by atoms with Crippen LogP contribution in [-0.4, -0.2) is 17.2 Å². The predicted octanol–water partition coefficient (Wildman–Crippen LogP) is 0.926. The molecule has 0 saturated heterocycles. The van der Waals surface area contributed by atoms with Crippen molar-refractivity contribution < 1.29 is 10.0 Å². The van der Waals surface area contributed by atoms with Gasteiger partial charge in [-0.3, -0.25) is 0 Å². The van der Waals surface area contributed by atoms with Gasteiger partial charge < -0.3 is 15.8 Å². The maximum Gasteiger partial charge on any atom is 0.489 e. The monoisotopic (exact) mass is 271 g/mol. The molecule has 0 aliphatic carbocycles. The highest BCUT2D eigenvalue weighted by Gasteiger charge is 2.18. The van der Waals surface area contributed by atoms with Crippen LogP contribution in [0.3, 0.4) is 0 Å². The van der Waals surface area contributed by atoms with Crippen LogP contribution >= 0.6 is 27.3 Å². The zero-order valence-electron chi connectivity index (χ0n) is 7.07. The van der Waals surface area contributed by atoms with E-state index in [1.165, 1.54) is 11.3 Å². The Morgan fingerprint density at radius 3 is 2.71 bits per heavy atom. The van der Waals surface area contributed by atoms with Crippen molar-refractivity contribution in [3.05, 3.63) is 22.0 Å². The van der Waals surface area contributed by atoms with Crippen molar-refractivity contribution in [2.75, 3.05) is 5.73 Å². The number of nitrogens with two attached hydrogens (primary N) is 1. The van der Waals surface area contributed by atoms with E-state index in [1.54, 1.807) is 6.07 Å². The Hall–Kier alpha value is -0.555. The van der Waals surface area contributed by atoms with Crippen LogP contribution in [0, 0.1) is 0 Å². The first-order valence-corrected chi connectivity index (χ1v) is 5.59. The molecule has 4 N–H and O–H groups in total. The normalized spacial score (nSPS) is 10.8. The molecular weight excluding hydrogens is 265 g/mol. The van der Waals surface area contributed by atoms with E-state index in [0.29, 0.717) is 11.2 Å². The van der Waals surface area contributed by atoms with Crippen LogP contribution in [0.1, 0.15) is 0 Å². The Kier molecular flexibility index (Phi) is 2.53. The lowest BCUT2D eigenvalue weighted by atomic mass is 9.78. The van der Waals surface area contributed by atoms with Gasteiger partial charge >= 0.3 is 7.12 Å². The summed E-state index contributed by atoms with van der Waals surface area (Å²) in [6, 6.07) is 3.39. The van der Waals surface area contributed by atoms with E-state index < -0.39 is 7.12 Å². The molecule has 0 saturated carbocycles. The zero-order chi connectivity index (χ0) is 10.3. The zero-order valence-corrected chi connectivity index (χ0v) is 9.47. The predicted molar refractivity (Wildman–Crippen MR) is 63.8 cm³/mol. The summed E-state index contributed by atoms with van der Waals surface area (Å²) < 4.78 is 1.81. The number of anilines is 1. The van der Waals surface area contributed by atoms with Gasteiger partial charge in [0.2, 0.25) is 0 Å². The highest BCUT2D eigenvalue weighted by atomic mass is 79.9. The highest BCUT2D eigenvalue weighted by Crippen LogP contribution is 2.30. The second kappa shape index (κ2) is 3.54. The molecule has 0 fully saturated rings. The summed E-state index contributed by atoms with van der Waals surface area (Å²) in [4.78, 5) is 0. The number of hydrogen-bond acceptors (Lipinski definition) is 4. The number of benzene rings is 1. The average molecular weight is 272 g/mol. The second-order valence-electron chi connectivity index (χ2n) is 2.94. The molecule has 1 aromatic carbocycles. The molecule has 0 bridgehead atoms. The number of thiophene rings is 1. The molecule has 14 heavy (non-hydrogen) atoms. The van der Waals surface area contributed by atoms with Gasteiger partial charge in [0.1, 0.15) is 0 Å². The lowest BCUT2D eigenvalue weighted by Gasteiger charge is -2.04. The minimum absolute atomic E-state index is 0.438. The van der Waals surface area contributed by atoms with Crippen molar-refractivity contribution in [3.63, 3.8) is 0 Å². The first kappa shape index (κ1) is 9.98. The first-order chi connectivity index (χ1) is 6.59. The van der Waals surface area contributed by atoms with Crippen molar-refractivity contribution in [3.8, 4) is 0 Å². The second-order valence-corrected chi connectivity index (χ2v) is 4.71. The third-order valence-corrected chi connectivity index (χ3v) is 3.82. The molecule has 0 spiro atoms. The minimum Gasteiger partial charge on any atom is -0.423 e. The Morgan fingerprint density at radius 1 is 1.36 bits per heavy atom. The highest BCUT2D eigenvalue weighted by molar-refractivity contribution is 9.10. The standard InChI is InChI=1S/C8H7BBrNO2S/c10-6-3-14-7-2-4(11)1-5(8(6)7)9(12)13/h1-3,12-13H,11H2. The fourth-order valence-electron chi connectivity index (χ4n) is 1.39. The summed E-state index contributed by atoms with van der Waals surface area (Å²) >= 11 is 4.87. The lowest BCUT2D eigenvalue weighted by molar-refractivity contribution is 0.426. The summed E-state index contributed by atoms with van der Waals surface area (Å²) in [5, 5.41) is 21.1. The summed E-state index contributed by atoms with van der Waals surface area (Å²) in [6.45, 7) is 0. The fraction of sp³-hybridized carbons (Fsp3) is 0. The van der Waals surface area contributed by atoms with Crippen LogP contribution in [0.4, 0.5) is 5.69 Å². The van der Waals surface area contributed by atoms with Gasteiger partial charge in [-0.1, -0.05) is 0 Å². The minimum atomic E-state index is -1.49. The van der Waals surface area contributed by atoms with Crippen molar-refractivity contribution in [1.29, 1.82) is 0 Å². The Bertz CT molecular complexity index is 485. The van der Waals surface area contributed by atoms with Crippen molar-refractivity contribution in [2.45, 2.75) is 0 Å². The van der Waals surface area contributed by atoms with E-state index in [0.717, 1.165) is 14.6 Å². The Balaban J connectivity index is 2.83. The maximum atomic E-state index is 9.17. The molecule has 72 valence electrons. The van der Waals surface area contributed by atoms with E-state index in [1.807, 2.05) is 11.4 Å². The number of rotatable bonds is 1. The molecular formula is C8H7BBrNO2S. The van der Waals surface area contributed by atoms with Gasteiger partial charge in [0.25, 0.3) is 0 Å². The molecule has 0 aliphatic rings. The van der Waals surface area contributed by atoms with E-state index in [-0.39, 0.29) is 0 Å². The van der Waals surface area contributed by atoms with Crippen LogP contribution in [0.5, 0.6) is 0 Å². The van der Waals surface area contributed by atoms with E-state index >= 15 is 0 Å². The van der Waals surface area contributed by atoms with E-state index in [2.05, 4.69) is 15.9 Å². The van der Waals surface area contributed by atoms with E-state index in [4.69, 9.17) is 5.73 Å². The van der Waals surface area contributed by atoms with Gasteiger partial charge in [0.15, 0.2) is 0 Å². The van der Waals surface area contributed by atoms with Crippen molar-refractivity contribution >= 4 is 55.6 Å². The molecule has 1 heterocycles. The summed E-state index contributed by atoms with van der Waals surface area (Å²) in [5.74, 6) is 0. The molecule has 1 aromatic heterocycles. The average Bonchev–Trinajstić information content (AvgIpc) is 2.46. The number of hydrogen-bond donors (Lipinski definition) is 3. The van der Waals surface area contributed by atoms with Gasteiger partial charge in [-0.15, -0.1) is 11.3 Å². The smallest absolute Gasteiger partial charge is 0.423 e. The summed E-state index contributed by atoms with van der Waals surface area (Å²) in [6.07, 6.45) is 0. The van der Waals surface area contributed by atoms with Gasteiger partial charge in [-0.05, 0) is 33.5 Å². The molecule has 0 aliphatic heterocycles. The third-order valence-electron chi connectivity index (χ3n) is 1.96. The molecule has 3 nitrogen and oxygen atoms in total. The topological polar surface area (TPSA) is 66.5 Å². The van der Waals surface area contributed by atoms with Gasteiger partial charge in [0, 0.05) is 25.6 Å². The molecule has 6 heteroatoms. The fourth-order valence-corrected chi connectivity index (χ4v) is 3.14. The molecule has 0 amide bonds. The molecule has 0 radical (unpaired) electrons. The van der Waals surface area contributed by atoms with Gasteiger partial charge in [-0.25, -0.2) is 0 Å². The summed E-state index contributed by atoms with van der Waals surface area (Å²) in [7, 11) is -1.49. The Labute approximate surface area is 93.4 Å². The molecule has 2 aromatic rings. The van der Waals surface area contributed by atoms with Crippen LogP contribution in [0.15, 0.2) is 22.0 Å². The molecule has 0 atom stereocenters. The van der Waals surface area contributed by atoms with Gasteiger partial charge in [0.05, 0.1) is 0 Å². The van der Waals surface area contributed by atoms with Gasteiger partial charge in [-0.2, -0.15) is 0 Å². The third kappa shape index (κ3) is 1.54. The number of halogens is 1. The van der Waals surface area contributed by atoms with Crippen LogP contribution < -0.4 is 11.2 Å². The first-order valence-electron chi connectivity index (χ1n) is 3.92. The lowest BCUT2D eigenvalue weighted by Crippen LogP contribution is -2.30. The quantitative estimate of drug-likeness (QED) is 0.534. The van der Waals surface area contributed by atoms with Crippen LogP contribution in [0.25, 0.3) is 10.1 Å². The SMILES string of the molecule is Nc1cc(B(O)O)c2c(Br)csc2c1. The molecule has 2 rings (SSSR count). The van der Waals surface area contributed by atoms with Crippen molar-refractivity contribution in [2.24, 2.45) is 0 Å². The number of fused-ring (bicyclic) bond motifs is 1. The largest absolute Gasteiger partial charge is 0.489 e. The van der Waals surface area contributed by atoms with Crippen molar-refractivity contribution in [1.82, 2.24) is 0 Å². The summed E-state index contributed by atoms with van der Waals surface area (Å²) in [5.41, 5.74) is 6.62. The Morgan fingerprint density at radius 2 is 2.07 bits per heavy atom. The molecule has 0 unspecified atom stereocenters. The maximum absolute atomic E-state index is 9.17. The van der Waals surface area contributed by atoms with E-state index in [9.17, 15) is 10.0 Å². The van der Waals surface area contributed by atoms with Crippen LogP contribution in [-0.2, 0) is 0 Å².